The van der Waals surface area contributed by atoms with Crippen molar-refractivity contribution in [2.45, 2.75) is 46.0 Å². The first-order valence-corrected chi connectivity index (χ1v) is 4.46. The van der Waals surface area contributed by atoms with Gasteiger partial charge in [-0.25, -0.2) is 0 Å². The Hall–Kier alpha value is 0.730. The smallest absolute Gasteiger partial charge is 1.00 e. The number of carbonyl (C=O) groups is 1. The summed E-state index contributed by atoms with van der Waals surface area (Å²) < 4.78 is 4.90. The molecule has 0 aromatic rings. The predicted molar refractivity (Wildman–Crippen MR) is 53.4 cm³/mol. The zero-order valence-electron chi connectivity index (χ0n) is 10.3. The Bertz CT molecular complexity index is 113. The number of carbonyl (C=O) groups excluding carboxylic acids is 1. The second kappa shape index (κ2) is 11.7. The van der Waals surface area contributed by atoms with Crippen LogP contribution in [0.1, 0.15) is 48.8 Å². The standard InChI is InChI=1S/C9H18O2.Ca.2H/c1-3-5-6-7-9(10)11-8-4-2;;;/h3-8H2,1-2H3;;;/q;+2;2*-1. The molecule has 0 aliphatic rings. The minimum Gasteiger partial charge on any atom is -1.00 e. The molecule has 0 heterocycles. The van der Waals surface area contributed by atoms with Crippen molar-refractivity contribution in [2.75, 3.05) is 6.61 Å². The maximum absolute atomic E-state index is 10.9. The summed E-state index contributed by atoms with van der Waals surface area (Å²) in [4.78, 5) is 10.9. The number of ether oxygens (including phenoxy) is 1. The van der Waals surface area contributed by atoms with Crippen LogP contribution < -0.4 is 0 Å². The van der Waals surface area contributed by atoms with E-state index in [1.54, 1.807) is 0 Å². The zero-order valence-corrected chi connectivity index (χ0v) is 10.5. The van der Waals surface area contributed by atoms with E-state index in [9.17, 15) is 4.79 Å². The Morgan fingerprint density at radius 1 is 1.25 bits per heavy atom. The van der Waals surface area contributed by atoms with E-state index in [4.69, 9.17) is 4.74 Å². The average Bonchev–Trinajstić information content (AvgIpc) is 2.01. The molecular formula is C9H20CaO2. The first-order chi connectivity index (χ1) is 5.31. The van der Waals surface area contributed by atoms with E-state index >= 15 is 0 Å². The van der Waals surface area contributed by atoms with Crippen LogP contribution in [0.4, 0.5) is 0 Å². The van der Waals surface area contributed by atoms with Crippen LogP contribution in [0.25, 0.3) is 0 Å². The van der Waals surface area contributed by atoms with Crippen LogP contribution in [0.2, 0.25) is 0 Å². The Balaban J connectivity index is -0.000000167. The molecule has 12 heavy (non-hydrogen) atoms. The molecule has 0 aliphatic heterocycles. The van der Waals surface area contributed by atoms with Crippen LogP contribution in [0.3, 0.4) is 0 Å². The van der Waals surface area contributed by atoms with Crippen molar-refractivity contribution in [3.8, 4) is 0 Å². The molecule has 3 heteroatoms. The Morgan fingerprint density at radius 3 is 2.42 bits per heavy atom. The number of esters is 1. The van der Waals surface area contributed by atoms with Crippen LogP contribution in [0, 0.1) is 0 Å². The third kappa shape index (κ3) is 10.7. The van der Waals surface area contributed by atoms with Crippen LogP contribution >= 0.6 is 0 Å². The van der Waals surface area contributed by atoms with E-state index in [-0.39, 0.29) is 46.6 Å². The molecule has 0 aromatic carbocycles. The minimum atomic E-state index is -0.0414. The molecule has 0 saturated carbocycles. The molecule has 0 unspecified atom stereocenters. The second-order valence-corrected chi connectivity index (χ2v) is 2.68. The zero-order chi connectivity index (χ0) is 8.53. The van der Waals surface area contributed by atoms with Gasteiger partial charge < -0.3 is 7.59 Å². The van der Waals surface area contributed by atoms with E-state index in [0.29, 0.717) is 13.0 Å². The van der Waals surface area contributed by atoms with Crippen LogP contribution in [-0.4, -0.2) is 50.3 Å². The molecule has 0 rings (SSSR count). The Labute approximate surface area is 108 Å². The fourth-order valence-corrected chi connectivity index (χ4v) is 0.807. The van der Waals surface area contributed by atoms with Gasteiger partial charge in [0.1, 0.15) is 0 Å². The van der Waals surface area contributed by atoms with Gasteiger partial charge in [0.2, 0.25) is 0 Å². The fraction of sp³-hybridized carbons (Fsp3) is 0.889. The third-order valence-electron chi connectivity index (χ3n) is 1.45. The summed E-state index contributed by atoms with van der Waals surface area (Å²) in [5, 5.41) is 0. The van der Waals surface area contributed by atoms with Crippen molar-refractivity contribution in [2.24, 2.45) is 0 Å². The number of hydrogen-bond acceptors (Lipinski definition) is 2. The van der Waals surface area contributed by atoms with E-state index in [1.807, 2.05) is 6.92 Å². The van der Waals surface area contributed by atoms with Gasteiger partial charge in [-0.3, -0.25) is 4.79 Å². The van der Waals surface area contributed by atoms with Gasteiger partial charge in [-0.15, -0.1) is 0 Å². The summed E-state index contributed by atoms with van der Waals surface area (Å²) in [6.07, 6.45) is 4.76. The van der Waals surface area contributed by atoms with E-state index < -0.39 is 0 Å². The molecule has 0 bridgehead atoms. The summed E-state index contributed by atoms with van der Waals surface area (Å²) in [5.74, 6) is -0.0414. The summed E-state index contributed by atoms with van der Waals surface area (Å²) in [5.41, 5.74) is 0. The largest absolute Gasteiger partial charge is 2.00 e. The summed E-state index contributed by atoms with van der Waals surface area (Å²) >= 11 is 0. The van der Waals surface area contributed by atoms with Crippen LogP contribution in [0.15, 0.2) is 0 Å². The molecule has 0 N–H and O–H groups in total. The molecule has 0 saturated heterocycles. The average molecular weight is 200 g/mol. The molecule has 0 atom stereocenters. The van der Waals surface area contributed by atoms with Gasteiger partial charge in [-0.05, 0) is 12.8 Å². The molecule has 0 amide bonds. The van der Waals surface area contributed by atoms with E-state index in [0.717, 1.165) is 25.7 Å². The number of unbranched alkanes of at least 4 members (excludes halogenated alkanes) is 2. The van der Waals surface area contributed by atoms with E-state index in [1.165, 1.54) is 0 Å². The predicted octanol–water partition coefficient (Wildman–Crippen LogP) is 2.36. The Kier molecular flexibility index (Phi) is 14.9. The van der Waals surface area contributed by atoms with Crippen molar-refractivity contribution in [3.05, 3.63) is 0 Å². The Morgan fingerprint density at radius 2 is 1.92 bits per heavy atom. The van der Waals surface area contributed by atoms with Crippen LogP contribution in [0.5, 0.6) is 0 Å². The molecular weight excluding hydrogens is 180 g/mol. The van der Waals surface area contributed by atoms with E-state index in [2.05, 4.69) is 6.92 Å². The van der Waals surface area contributed by atoms with Gasteiger partial charge in [0, 0.05) is 6.42 Å². The maximum atomic E-state index is 10.9. The normalized spacial score (nSPS) is 8.83. The maximum Gasteiger partial charge on any atom is 2.00 e. The second-order valence-electron chi connectivity index (χ2n) is 2.68. The first-order valence-electron chi connectivity index (χ1n) is 4.46. The summed E-state index contributed by atoms with van der Waals surface area (Å²) in [6.45, 7) is 4.70. The van der Waals surface area contributed by atoms with Gasteiger partial charge in [0.15, 0.2) is 0 Å². The molecule has 0 fully saturated rings. The van der Waals surface area contributed by atoms with Crippen molar-refractivity contribution >= 4 is 43.7 Å². The number of hydrogen-bond donors (Lipinski definition) is 0. The van der Waals surface area contributed by atoms with Crippen molar-refractivity contribution in [1.82, 2.24) is 0 Å². The van der Waals surface area contributed by atoms with Crippen molar-refractivity contribution in [1.29, 1.82) is 0 Å². The fourth-order valence-electron chi connectivity index (χ4n) is 0.807. The monoisotopic (exact) mass is 200 g/mol. The minimum absolute atomic E-state index is 0. The first kappa shape index (κ1) is 15.2. The topological polar surface area (TPSA) is 26.3 Å². The van der Waals surface area contributed by atoms with Crippen LogP contribution in [-0.2, 0) is 9.53 Å². The third-order valence-corrected chi connectivity index (χ3v) is 1.45. The number of rotatable bonds is 6. The van der Waals surface area contributed by atoms with Crippen molar-refractivity contribution < 1.29 is 12.4 Å². The quantitative estimate of drug-likeness (QED) is 0.374. The van der Waals surface area contributed by atoms with Crippen molar-refractivity contribution in [3.63, 3.8) is 0 Å². The van der Waals surface area contributed by atoms with Gasteiger partial charge in [-0.2, -0.15) is 0 Å². The van der Waals surface area contributed by atoms with Gasteiger partial charge in [0.25, 0.3) is 0 Å². The molecule has 2 nitrogen and oxygen atoms in total. The SMILES string of the molecule is CCCCCC(=O)OCCC.[Ca+2].[H-].[H-]. The van der Waals surface area contributed by atoms with Gasteiger partial charge in [-0.1, -0.05) is 26.7 Å². The van der Waals surface area contributed by atoms with Gasteiger partial charge in [0.05, 0.1) is 6.61 Å². The summed E-state index contributed by atoms with van der Waals surface area (Å²) in [7, 11) is 0. The summed E-state index contributed by atoms with van der Waals surface area (Å²) in [6, 6.07) is 0. The molecule has 70 valence electrons. The molecule has 0 radical (unpaired) electrons. The van der Waals surface area contributed by atoms with Gasteiger partial charge >= 0.3 is 43.7 Å². The molecule has 0 spiro atoms. The molecule has 0 aromatic heterocycles. The molecule has 0 aliphatic carbocycles.